The van der Waals surface area contributed by atoms with Gasteiger partial charge in [-0.25, -0.2) is 13.4 Å². The van der Waals surface area contributed by atoms with E-state index in [4.69, 9.17) is 0 Å². The zero-order valence-electron chi connectivity index (χ0n) is 13.2. The van der Waals surface area contributed by atoms with E-state index in [0.717, 1.165) is 28.9 Å². The number of benzene rings is 1. The summed E-state index contributed by atoms with van der Waals surface area (Å²) < 4.78 is 24.8. The second-order valence-electron chi connectivity index (χ2n) is 5.53. The first-order chi connectivity index (χ1) is 10.2. The number of nitrogens with zero attached hydrogens (tertiary/aromatic N) is 1. The van der Waals surface area contributed by atoms with Crippen molar-refractivity contribution < 1.29 is 8.42 Å². The lowest BCUT2D eigenvalue weighted by atomic mass is 10.1. The number of aryl methyl sites for hydroxylation is 2. The van der Waals surface area contributed by atoms with E-state index in [9.17, 15) is 8.42 Å². The van der Waals surface area contributed by atoms with E-state index >= 15 is 0 Å². The molecule has 1 aromatic carbocycles. The molecule has 0 radical (unpaired) electrons. The van der Waals surface area contributed by atoms with Crippen molar-refractivity contribution in [3.63, 3.8) is 0 Å². The largest absolute Gasteiger partial charge is 0.364 e. The van der Waals surface area contributed by atoms with Crippen LogP contribution in [0.15, 0.2) is 36.4 Å². The first-order valence-electron chi connectivity index (χ1n) is 7.02. The zero-order chi connectivity index (χ0) is 16.3. The molecule has 0 amide bonds. The van der Waals surface area contributed by atoms with Gasteiger partial charge in [0.15, 0.2) is 0 Å². The third kappa shape index (κ3) is 4.73. The van der Waals surface area contributed by atoms with E-state index in [-0.39, 0.29) is 6.04 Å². The van der Waals surface area contributed by atoms with Gasteiger partial charge in [-0.05, 0) is 56.2 Å². The van der Waals surface area contributed by atoms with Crippen molar-refractivity contribution in [3.05, 3.63) is 53.2 Å². The number of nitrogens with one attached hydrogen (secondary N) is 2. The fourth-order valence-electron chi connectivity index (χ4n) is 2.27. The standard InChI is InChI=1S/C16H21N3O2S/c1-11-9-12(2)17-16(10-11)18-13(3)14-5-7-15(8-6-14)19-22(4,20)21/h5-10,13,19H,1-4H3,(H,17,18)/t13-/m0/s1. The maximum absolute atomic E-state index is 11.2. The maximum Gasteiger partial charge on any atom is 0.229 e. The first kappa shape index (κ1) is 16.3. The lowest BCUT2D eigenvalue weighted by Crippen LogP contribution is -2.11. The fraction of sp³-hybridized carbons (Fsp3) is 0.312. The third-order valence-corrected chi connectivity index (χ3v) is 3.78. The average Bonchev–Trinajstić information content (AvgIpc) is 2.36. The number of pyridine rings is 1. The van der Waals surface area contributed by atoms with Crippen LogP contribution >= 0.6 is 0 Å². The van der Waals surface area contributed by atoms with E-state index in [1.54, 1.807) is 12.1 Å². The number of hydrogen-bond donors (Lipinski definition) is 2. The Balaban J connectivity index is 2.11. The number of aromatic nitrogens is 1. The van der Waals surface area contributed by atoms with Crippen LogP contribution in [0.5, 0.6) is 0 Å². The van der Waals surface area contributed by atoms with Crippen LogP contribution in [0.1, 0.15) is 29.8 Å². The molecule has 1 atom stereocenters. The Hall–Kier alpha value is -2.08. The molecule has 0 saturated carbocycles. The topological polar surface area (TPSA) is 71.1 Å². The van der Waals surface area contributed by atoms with Crippen LogP contribution < -0.4 is 10.0 Å². The minimum absolute atomic E-state index is 0.0704. The fourth-order valence-corrected chi connectivity index (χ4v) is 2.84. The normalized spacial score (nSPS) is 12.7. The highest BCUT2D eigenvalue weighted by Gasteiger charge is 2.08. The molecule has 0 aliphatic heterocycles. The van der Waals surface area contributed by atoms with Gasteiger partial charge in [-0.2, -0.15) is 0 Å². The Morgan fingerprint density at radius 3 is 2.27 bits per heavy atom. The highest BCUT2D eigenvalue weighted by molar-refractivity contribution is 7.92. The minimum atomic E-state index is -3.24. The second-order valence-corrected chi connectivity index (χ2v) is 7.28. The number of rotatable bonds is 5. The molecule has 2 rings (SSSR count). The van der Waals surface area contributed by atoms with Crippen molar-refractivity contribution in [3.8, 4) is 0 Å². The molecule has 22 heavy (non-hydrogen) atoms. The molecule has 0 fully saturated rings. The van der Waals surface area contributed by atoms with Crippen molar-refractivity contribution in [1.29, 1.82) is 0 Å². The minimum Gasteiger partial charge on any atom is -0.364 e. The first-order valence-corrected chi connectivity index (χ1v) is 8.92. The van der Waals surface area contributed by atoms with Gasteiger partial charge in [0, 0.05) is 17.4 Å². The Morgan fingerprint density at radius 2 is 1.73 bits per heavy atom. The molecule has 2 N–H and O–H groups in total. The molecular formula is C16H21N3O2S. The third-order valence-electron chi connectivity index (χ3n) is 3.18. The summed E-state index contributed by atoms with van der Waals surface area (Å²) >= 11 is 0. The van der Waals surface area contributed by atoms with Crippen LogP contribution in [-0.2, 0) is 10.0 Å². The summed E-state index contributed by atoms with van der Waals surface area (Å²) in [6, 6.07) is 11.4. The zero-order valence-corrected chi connectivity index (χ0v) is 14.0. The summed E-state index contributed by atoms with van der Waals surface area (Å²) in [6.07, 6.45) is 1.14. The van der Waals surface area contributed by atoms with Crippen molar-refractivity contribution in [2.75, 3.05) is 16.3 Å². The molecule has 0 aliphatic carbocycles. The van der Waals surface area contributed by atoms with Crippen molar-refractivity contribution in [1.82, 2.24) is 4.98 Å². The summed E-state index contributed by atoms with van der Waals surface area (Å²) in [5, 5.41) is 3.36. The van der Waals surface area contributed by atoms with Crippen molar-refractivity contribution in [2.45, 2.75) is 26.8 Å². The Morgan fingerprint density at radius 1 is 1.09 bits per heavy atom. The molecule has 0 aliphatic rings. The predicted molar refractivity (Wildman–Crippen MR) is 90.7 cm³/mol. The molecule has 6 heteroatoms. The van der Waals surface area contributed by atoms with Crippen LogP contribution in [0.25, 0.3) is 0 Å². The summed E-state index contributed by atoms with van der Waals surface area (Å²) in [5.74, 6) is 0.836. The average molecular weight is 319 g/mol. The van der Waals surface area contributed by atoms with Crippen molar-refractivity contribution in [2.24, 2.45) is 0 Å². The Kier molecular flexibility index (Phi) is 4.71. The van der Waals surface area contributed by atoms with E-state index in [1.165, 1.54) is 0 Å². The summed E-state index contributed by atoms with van der Waals surface area (Å²) in [7, 11) is -3.24. The van der Waals surface area contributed by atoms with Gasteiger partial charge in [0.25, 0.3) is 0 Å². The quantitative estimate of drug-likeness (QED) is 0.887. The van der Waals surface area contributed by atoms with Gasteiger partial charge in [-0.3, -0.25) is 4.72 Å². The van der Waals surface area contributed by atoms with Crippen LogP contribution in [0.4, 0.5) is 11.5 Å². The van der Waals surface area contributed by atoms with E-state index in [2.05, 4.69) is 15.0 Å². The van der Waals surface area contributed by atoms with Crippen molar-refractivity contribution >= 4 is 21.5 Å². The van der Waals surface area contributed by atoms with Gasteiger partial charge in [0.1, 0.15) is 5.82 Å². The van der Waals surface area contributed by atoms with Gasteiger partial charge >= 0.3 is 0 Å². The molecule has 1 aromatic heterocycles. The van der Waals surface area contributed by atoms with E-state index in [1.807, 2.05) is 45.0 Å². The van der Waals surface area contributed by atoms with Gasteiger partial charge in [-0.1, -0.05) is 12.1 Å². The molecule has 0 spiro atoms. The number of sulfonamides is 1. The smallest absolute Gasteiger partial charge is 0.229 e. The summed E-state index contributed by atoms with van der Waals surface area (Å²) in [5.41, 5.74) is 3.75. The molecule has 2 aromatic rings. The van der Waals surface area contributed by atoms with Gasteiger partial charge in [-0.15, -0.1) is 0 Å². The molecule has 0 saturated heterocycles. The summed E-state index contributed by atoms with van der Waals surface area (Å²) in [6.45, 7) is 6.04. The van der Waals surface area contributed by atoms with Gasteiger partial charge < -0.3 is 5.32 Å². The molecule has 0 unspecified atom stereocenters. The van der Waals surface area contributed by atoms with E-state index in [0.29, 0.717) is 5.69 Å². The Bertz CT molecular complexity index is 735. The molecule has 5 nitrogen and oxygen atoms in total. The molecular weight excluding hydrogens is 298 g/mol. The van der Waals surface area contributed by atoms with E-state index < -0.39 is 10.0 Å². The predicted octanol–water partition coefficient (Wildman–Crippen LogP) is 3.24. The second kappa shape index (κ2) is 6.36. The van der Waals surface area contributed by atoms with Crippen LogP contribution in [0.3, 0.4) is 0 Å². The van der Waals surface area contributed by atoms with Gasteiger partial charge in [0.2, 0.25) is 10.0 Å². The lowest BCUT2D eigenvalue weighted by Gasteiger charge is -2.16. The number of anilines is 2. The van der Waals surface area contributed by atoms with Crippen LogP contribution in [0.2, 0.25) is 0 Å². The number of hydrogen-bond acceptors (Lipinski definition) is 4. The lowest BCUT2D eigenvalue weighted by molar-refractivity contribution is 0.607. The van der Waals surface area contributed by atoms with Crippen LogP contribution in [0, 0.1) is 13.8 Å². The summed E-state index contributed by atoms with van der Waals surface area (Å²) in [4.78, 5) is 4.46. The van der Waals surface area contributed by atoms with Gasteiger partial charge in [0.05, 0.1) is 6.26 Å². The molecule has 0 bridgehead atoms. The SMILES string of the molecule is Cc1cc(C)nc(N[C@@H](C)c2ccc(NS(C)(=O)=O)cc2)c1. The molecule has 1 heterocycles. The monoisotopic (exact) mass is 319 g/mol. The van der Waals surface area contributed by atoms with Crippen LogP contribution in [-0.4, -0.2) is 19.7 Å². The Labute approximate surface area is 131 Å². The maximum atomic E-state index is 11.2. The molecule has 118 valence electrons. The highest BCUT2D eigenvalue weighted by atomic mass is 32.2. The highest BCUT2D eigenvalue weighted by Crippen LogP contribution is 2.21.